The minimum Gasteiger partial charge on any atom is -0.478 e. The molecular weight excluding hydrogens is 388 g/mol. The van der Waals surface area contributed by atoms with Crippen LogP contribution in [0.15, 0.2) is 65.1 Å². The number of rotatable bonds is 6. The molecule has 1 atom stereocenters. The molecule has 1 aliphatic rings. The van der Waals surface area contributed by atoms with E-state index in [9.17, 15) is 14.4 Å². The van der Waals surface area contributed by atoms with Crippen molar-refractivity contribution in [2.24, 2.45) is 0 Å². The number of thioether (sulfide) groups is 1. The van der Waals surface area contributed by atoms with Crippen LogP contribution in [0.3, 0.4) is 0 Å². The minimum absolute atomic E-state index is 0.0366. The Morgan fingerprint density at radius 3 is 2.52 bits per heavy atom. The first kappa shape index (κ1) is 20.7. The Balaban J connectivity index is 1.60. The number of para-hydroxylation sites is 1. The van der Waals surface area contributed by atoms with Crippen molar-refractivity contribution in [3.05, 3.63) is 65.7 Å². The molecule has 150 valence electrons. The Labute approximate surface area is 173 Å². The largest absolute Gasteiger partial charge is 0.478 e. The lowest BCUT2D eigenvalue weighted by atomic mass is 10.2. The predicted octanol–water partition coefficient (Wildman–Crippen LogP) is 3.73. The van der Waals surface area contributed by atoms with Crippen LogP contribution in [0.4, 0.5) is 11.4 Å². The van der Waals surface area contributed by atoms with E-state index in [2.05, 4.69) is 11.4 Å². The van der Waals surface area contributed by atoms with E-state index in [1.54, 1.807) is 12.1 Å². The summed E-state index contributed by atoms with van der Waals surface area (Å²) in [4.78, 5) is 38.2. The van der Waals surface area contributed by atoms with Gasteiger partial charge in [-0.3, -0.25) is 9.59 Å². The highest BCUT2D eigenvalue weighted by atomic mass is 32.2. The molecule has 29 heavy (non-hydrogen) atoms. The number of carboxylic acid groups (broad SMARTS) is 1. The summed E-state index contributed by atoms with van der Waals surface area (Å²) in [5.41, 5.74) is 2.71. The van der Waals surface area contributed by atoms with Gasteiger partial charge in [-0.1, -0.05) is 18.2 Å². The second-order valence-corrected chi connectivity index (χ2v) is 8.19. The zero-order valence-electron chi connectivity index (χ0n) is 16.2. The number of fused-ring (bicyclic) bond motifs is 1. The molecule has 2 aromatic carbocycles. The third-order valence-corrected chi connectivity index (χ3v) is 5.72. The smallest absolute Gasteiger partial charge is 0.331 e. The third kappa shape index (κ3) is 5.06. The molecule has 0 saturated carbocycles. The molecule has 7 heteroatoms. The zero-order chi connectivity index (χ0) is 21.0. The summed E-state index contributed by atoms with van der Waals surface area (Å²) in [6.07, 6.45) is 1.92. The molecule has 2 amide bonds. The fraction of sp³-hybridized carbons (Fsp3) is 0.227. The van der Waals surface area contributed by atoms with Crippen LogP contribution in [-0.4, -0.2) is 34.7 Å². The van der Waals surface area contributed by atoms with Gasteiger partial charge in [0.1, 0.15) is 0 Å². The van der Waals surface area contributed by atoms with E-state index in [4.69, 9.17) is 5.11 Å². The van der Waals surface area contributed by atoms with Crippen molar-refractivity contribution in [1.82, 2.24) is 0 Å². The maximum absolute atomic E-state index is 12.9. The number of carboxylic acids is 1. The number of carbonyl (C=O) groups is 3. The topological polar surface area (TPSA) is 86.7 Å². The third-order valence-electron chi connectivity index (χ3n) is 4.62. The van der Waals surface area contributed by atoms with Crippen LogP contribution in [0.1, 0.15) is 19.4 Å². The van der Waals surface area contributed by atoms with E-state index in [1.807, 2.05) is 42.2 Å². The lowest BCUT2D eigenvalue weighted by Gasteiger charge is -2.21. The molecule has 0 radical (unpaired) electrons. The van der Waals surface area contributed by atoms with E-state index in [0.717, 1.165) is 23.1 Å². The Kier molecular flexibility index (Phi) is 6.39. The Morgan fingerprint density at radius 1 is 1.14 bits per heavy atom. The number of anilines is 2. The molecule has 2 aromatic rings. The van der Waals surface area contributed by atoms with E-state index < -0.39 is 11.9 Å². The summed E-state index contributed by atoms with van der Waals surface area (Å²) in [7, 11) is 0. The van der Waals surface area contributed by atoms with Gasteiger partial charge in [-0.25, -0.2) is 4.79 Å². The van der Waals surface area contributed by atoms with E-state index >= 15 is 0 Å². The van der Waals surface area contributed by atoms with Crippen LogP contribution in [0.5, 0.6) is 0 Å². The van der Waals surface area contributed by atoms with Crippen LogP contribution in [0.25, 0.3) is 0 Å². The first-order chi connectivity index (χ1) is 13.8. The maximum Gasteiger partial charge on any atom is 0.331 e. The number of hydrogen-bond donors (Lipinski definition) is 2. The molecule has 0 spiro atoms. The standard InChI is InChI=1S/C22H22N2O4S/c1-14(22(27)28)13-20(25)23-17-7-9-18(10-8-17)29-15(2)21(26)24-12-11-16-5-3-4-6-19(16)24/h3-10,13,15H,11-12H2,1-2H3,(H,23,25)(H,27,28)/b14-13+/t15-/m0/s1. The predicted molar refractivity (Wildman–Crippen MR) is 114 cm³/mol. The molecule has 0 bridgehead atoms. The summed E-state index contributed by atoms with van der Waals surface area (Å²) in [5, 5.41) is 11.2. The monoisotopic (exact) mass is 410 g/mol. The van der Waals surface area contributed by atoms with E-state index in [1.165, 1.54) is 24.2 Å². The van der Waals surface area contributed by atoms with Gasteiger partial charge in [-0.15, -0.1) is 11.8 Å². The molecule has 2 N–H and O–H groups in total. The van der Waals surface area contributed by atoms with Gasteiger partial charge < -0.3 is 15.3 Å². The summed E-state index contributed by atoms with van der Waals surface area (Å²) in [5.74, 6) is -1.56. The number of benzene rings is 2. The average molecular weight is 410 g/mol. The average Bonchev–Trinajstić information content (AvgIpc) is 3.12. The number of nitrogens with one attached hydrogen (secondary N) is 1. The van der Waals surface area contributed by atoms with Gasteiger partial charge in [0.25, 0.3) is 0 Å². The van der Waals surface area contributed by atoms with Crippen molar-refractivity contribution in [3.63, 3.8) is 0 Å². The lowest BCUT2D eigenvalue weighted by molar-refractivity contribution is -0.132. The van der Waals surface area contributed by atoms with Crippen molar-refractivity contribution >= 4 is 40.9 Å². The lowest BCUT2D eigenvalue weighted by Crippen LogP contribution is -2.35. The van der Waals surface area contributed by atoms with Gasteiger partial charge in [-0.05, 0) is 56.2 Å². The maximum atomic E-state index is 12.9. The zero-order valence-corrected chi connectivity index (χ0v) is 17.0. The van der Waals surface area contributed by atoms with Gasteiger partial charge in [0, 0.05) is 34.5 Å². The highest BCUT2D eigenvalue weighted by Crippen LogP contribution is 2.32. The Hall–Kier alpha value is -3.06. The molecule has 3 rings (SSSR count). The first-order valence-electron chi connectivity index (χ1n) is 9.23. The van der Waals surface area contributed by atoms with Crippen molar-refractivity contribution < 1.29 is 19.5 Å². The molecule has 1 aliphatic heterocycles. The van der Waals surface area contributed by atoms with E-state index in [-0.39, 0.29) is 16.7 Å². The molecule has 0 unspecified atom stereocenters. The van der Waals surface area contributed by atoms with Crippen LogP contribution in [0.2, 0.25) is 0 Å². The van der Waals surface area contributed by atoms with E-state index in [0.29, 0.717) is 12.2 Å². The van der Waals surface area contributed by atoms with Crippen LogP contribution >= 0.6 is 11.8 Å². The normalized spacial score (nSPS) is 14.3. The van der Waals surface area contributed by atoms with Gasteiger partial charge in [0.15, 0.2) is 0 Å². The number of carbonyl (C=O) groups excluding carboxylic acids is 2. The van der Waals surface area contributed by atoms with Gasteiger partial charge >= 0.3 is 5.97 Å². The van der Waals surface area contributed by atoms with Crippen molar-refractivity contribution in [3.8, 4) is 0 Å². The Bertz CT molecular complexity index is 969. The minimum atomic E-state index is -1.13. The number of amides is 2. The highest BCUT2D eigenvalue weighted by Gasteiger charge is 2.28. The van der Waals surface area contributed by atoms with Crippen LogP contribution < -0.4 is 10.2 Å². The van der Waals surface area contributed by atoms with Gasteiger partial charge in [-0.2, -0.15) is 0 Å². The SMILES string of the molecule is C/C(=C\C(=O)Nc1ccc(S[C@@H](C)C(=O)N2CCc3ccccc32)cc1)C(=O)O. The summed E-state index contributed by atoms with van der Waals surface area (Å²) >= 11 is 1.46. The molecule has 0 saturated heterocycles. The van der Waals surface area contributed by atoms with Crippen LogP contribution in [-0.2, 0) is 20.8 Å². The number of hydrogen-bond acceptors (Lipinski definition) is 4. The van der Waals surface area contributed by atoms with Gasteiger partial charge in [0.2, 0.25) is 11.8 Å². The second kappa shape index (κ2) is 8.96. The van der Waals surface area contributed by atoms with Crippen molar-refractivity contribution in [1.29, 1.82) is 0 Å². The quantitative estimate of drug-likeness (QED) is 0.560. The second-order valence-electron chi connectivity index (χ2n) is 6.77. The summed E-state index contributed by atoms with van der Waals surface area (Å²) in [6.45, 7) is 3.96. The highest BCUT2D eigenvalue weighted by molar-refractivity contribution is 8.00. The fourth-order valence-corrected chi connectivity index (χ4v) is 4.02. The fourth-order valence-electron chi connectivity index (χ4n) is 3.09. The number of nitrogens with zero attached hydrogens (tertiary/aromatic N) is 1. The summed E-state index contributed by atoms with van der Waals surface area (Å²) < 4.78 is 0. The van der Waals surface area contributed by atoms with Crippen molar-refractivity contribution in [2.75, 3.05) is 16.8 Å². The molecular formula is C22H22N2O4S. The van der Waals surface area contributed by atoms with Gasteiger partial charge in [0.05, 0.1) is 5.25 Å². The first-order valence-corrected chi connectivity index (χ1v) is 10.1. The Morgan fingerprint density at radius 2 is 1.83 bits per heavy atom. The molecule has 6 nitrogen and oxygen atoms in total. The molecule has 1 heterocycles. The van der Waals surface area contributed by atoms with Crippen LogP contribution in [0, 0.1) is 0 Å². The molecule has 0 fully saturated rings. The molecule has 0 aliphatic carbocycles. The van der Waals surface area contributed by atoms with Crippen molar-refractivity contribution in [2.45, 2.75) is 30.4 Å². The number of aliphatic carboxylic acids is 1. The summed E-state index contributed by atoms with van der Waals surface area (Å²) in [6, 6.07) is 15.1. The molecule has 0 aromatic heterocycles.